The van der Waals surface area contributed by atoms with Gasteiger partial charge in [-0.3, -0.25) is 0 Å². The van der Waals surface area contributed by atoms with Crippen LogP contribution in [0.15, 0.2) is 36.4 Å². The summed E-state index contributed by atoms with van der Waals surface area (Å²) < 4.78 is 40.9. The Hall–Kier alpha value is -2.21. The molecule has 7 heteroatoms. The third kappa shape index (κ3) is 3.92. The third-order valence-electron chi connectivity index (χ3n) is 2.89. The number of carbonyl (C=O) groups is 1. The summed E-state index contributed by atoms with van der Waals surface area (Å²) in [6, 6.07) is 8.05. The van der Waals surface area contributed by atoms with Crippen molar-refractivity contribution in [2.24, 2.45) is 0 Å². The van der Waals surface area contributed by atoms with Crippen LogP contribution in [0.4, 0.5) is 13.2 Å². The highest BCUT2D eigenvalue weighted by molar-refractivity contribution is 6.30. The zero-order valence-corrected chi connectivity index (χ0v) is 12.0. The number of carboxylic acid groups (broad SMARTS) is 1. The van der Waals surface area contributed by atoms with Crippen molar-refractivity contribution in [2.45, 2.75) is 13.3 Å². The van der Waals surface area contributed by atoms with Crippen LogP contribution in [0.1, 0.15) is 15.9 Å². The van der Waals surface area contributed by atoms with Gasteiger partial charge in [0.25, 0.3) is 0 Å². The Morgan fingerprint density at radius 1 is 1.18 bits per heavy atom. The van der Waals surface area contributed by atoms with E-state index in [4.69, 9.17) is 16.7 Å². The van der Waals surface area contributed by atoms with Gasteiger partial charge < -0.3 is 9.84 Å². The van der Waals surface area contributed by atoms with Gasteiger partial charge in [-0.25, -0.2) is 4.79 Å². The van der Waals surface area contributed by atoms with Gasteiger partial charge in [0.15, 0.2) is 0 Å². The van der Waals surface area contributed by atoms with Crippen molar-refractivity contribution in [2.75, 3.05) is 0 Å². The van der Waals surface area contributed by atoms with Crippen molar-refractivity contribution in [1.29, 1.82) is 0 Å². The molecule has 0 aliphatic carbocycles. The Morgan fingerprint density at radius 3 is 2.41 bits per heavy atom. The molecule has 1 N–H and O–H groups in total. The molecule has 0 aliphatic rings. The topological polar surface area (TPSA) is 46.5 Å². The molecule has 0 spiro atoms. The molecule has 116 valence electrons. The number of aryl methyl sites for hydroxylation is 1. The van der Waals surface area contributed by atoms with Crippen LogP contribution < -0.4 is 4.74 Å². The summed E-state index contributed by atoms with van der Waals surface area (Å²) in [5.74, 6) is -1.93. The van der Waals surface area contributed by atoms with Crippen molar-refractivity contribution in [3.05, 3.63) is 52.5 Å². The Labute approximate surface area is 128 Å². The number of benzene rings is 2. The summed E-state index contributed by atoms with van der Waals surface area (Å²) in [6.07, 6.45) is -4.90. The fraction of sp³-hybridized carbons (Fsp3) is 0.133. The lowest BCUT2D eigenvalue weighted by Crippen LogP contribution is -2.17. The molecule has 0 aliphatic heterocycles. The Bertz CT molecular complexity index is 726. The maximum atomic E-state index is 12.4. The number of aromatic carboxylic acids is 1. The first-order valence-electron chi connectivity index (χ1n) is 6.06. The van der Waals surface area contributed by atoms with E-state index in [1.54, 1.807) is 25.1 Å². The molecule has 0 aromatic heterocycles. The molecule has 2 rings (SSSR count). The van der Waals surface area contributed by atoms with Crippen LogP contribution in [0, 0.1) is 6.92 Å². The van der Waals surface area contributed by atoms with Crippen LogP contribution in [-0.2, 0) is 0 Å². The lowest BCUT2D eigenvalue weighted by Gasteiger charge is -2.13. The fourth-order valence-corrected chi connectivity index (χ4v) is 2.25. The second-order valence-corrected chi connectivity index (χ2v) is 4.99. The van der Waals surface area contributed by atoms with Gasteiger partial charge in [-0.15, -0.1) is 13.2 Å². The van der Waals surface area contributed by atoms with Gasteiger partial charge in [-0.2, -0.15) is 0 Å². The number of alkyl halides is 3. The van der Waals surface area contributed by atoms with Gasteiger partial charge >= 0.3 is 12.3 Å². The number of rotatable bonds is 3. The fourth-order valence-electron chi connectivity index (χ4n) is 2.02. The molecule has 0 fully saturated rings. The second kappa shape index (κ2) is 5.88. The van der Waals surface area contributed by atoms with Gasteiger partial charge in [0.2, 0.25) is 0 Å². The molecule has 0 bridgehead atoms. The van der Waals surface area contributed by atoms with Crippen LogP contribution in [0.3, 0.4) is 0 Å². The highest BCUT2D eigenvalue weighted by Gasteiger charge is 2.31. The normalized spacial score (nSPS) is 11.3. The Balaban J connectivity index is 2.57. The van der Waals surface area contributed by atoms with Crippen LogP contribution in [-0.4, -0.2) is 17.4 Å². The van der Waals surface area contributed by atoms with Crippen LogP contribution in [0.5, 0.6) is 5.75 Å². The van der Waals surface area contributed by atoms with Crippen molar-refractivity contribution < 1.29 is 27.8 Å². The van der Waals surface area contributed by atoms with E-state index in [1.165, 1.54) is 6.07 Å². The lowest BCUT2D eigenvalue weighted by molar-refractivity contribution is -0.274. The van der Waals surface area contributed by atoms with Crippen molar-refractivity contribution >= 4 is 17.6 Å². The Morgan fingerprint density at radius 2 is 1.86 bits per heavy atom. The first-order chi connectivity index (χ1) is 10.2. The minimum atomic E-state index is -4.90. The molecule has 0 amide bonds. The third-order valence-corrected chi connectivity index (χ3v) is 3.12. The first-order valence-corrected chi connectivity index (χ1v) is 6.44. The quantitative estimate of drug-likeness (QED) is 0.869. The molecule has 0 heterocycles. The average Bonchev–Trinajstić information content (AvgIpc) is 2.36. The average molecular weight is 331 g/mol. The number of carboxylic acids is 1. The summed E-state index contributed by atoms with van der Waals surface area (Å²) in [5.41, 5.74) is 1.27. The van der Waals surface area contributed by atoms with Crippen molar-refractivity contribution in [3.8, 4) is 16.9 Å². The molecule has 22 heavy (non-hydrogen) atoms. The van der Waals surface area contributed by atoms with Crippen molar-refractivity contribution in [1.82, 2.24) is 0 Å². The van der Waals surface area contributed by atoms with E-state index in [2.05, 4.69) is 4.74 Å². The molecule has 0 saturated carbocycles. The predicted octanol–water partition coefficient (Wildman–Crippen LogP) is 4.91. The maximum Gasteiger partial charge on any atom is 0.573 e. The minimum absolute atomic E-state index is 0.299. The maximum absolute atomic E-state index is 12.4. The number of ether oxygens (including phenoxy) is 1. The molecule has 0 unspecified atom stereocenters. The highest BCUT2D eigenvalue weighted by atomic mass is 35.5. The Kier molecular flexibility index (Phi) is 4.32. The largest absolute Gasteiger partial charge is 0.573 e. The summed E-state index contributed by atoms with van der Waals surface area (Å²) in [7, 11) is 0. The van der Waals surface area contributed by atoms with Gasteiger partial charge in [0, 0.05) is 5.02 Å². The van der Waals surface area contributed by atoms with E-state index in [0.29, 0.717) is 21.7 Å². The van der Waals surface area contributed by atoms with E-state index in [-0.39, 0.29) is 5.56 Å². The zero-order chi connectivity index (χ0) is 16.5. The highest BCUT2D eigenvalue weighted by Crippen LogP contribution is 2.32. The van der Waals surface area contributed by atoms with E-state index in [0.717, 1.165) is 12.1 Å². The molecule has 2 aromatic rings. The summed E-state index contributed by atoms with van der Waals surface area (Å²) in [4.78, 5) is 11.1. The van der Waals surface area contributed by atoms with Crippen molar-refractivity contribution in [3.63, 3.8) is 0 Å². The van der Waals surface area contributed by atoms with E-state index < -0.39 is 18.1 Å². The number of halogens is 4. The van der Waals surface area contributed by atoms with Gasteiger partial charge in [0.05, 0.1) is 5.56 Å². The lowest BCUT2D eigenvalue weighted by atomic mass is 9.98. The summed E-state index contributed by atoms with van der Waals surface area (Å²) in [5, 5.41) is 9.51. The molecular weight excluding hydrogens is 321 g/mol. The molecule has 0 atom stereocenters. The second-order valence-electron chi connectivity index (χ2n) is 4.56. The minimum Gasteiger partial charge on any atom is -0.478 e. The van der Waals surface area contributed by atoms with E-state index in [1.807, 2.05) is 0 Å². The smallest absolute Gasteiger partial charge is 0.478 e. The van der Waals surface area contributed by atoms with Crippen LogP contribution in [0.25, 0.3) is 11.1 Å². The molecule has 0 saturated heterocycles. The van der Waals surface area contributed by atoms with Crippen LogP contribution in [0.2, 0.25) is 5.02 Å². The molecule has 0 radical (unpaired) electrons. The molecule has 2 aromatic carbocycles. The standard InChI is InChI=1S/C15H10ClF3O3/c1-8-4-11(16)2-3-13(8)9-5-10(14(20)21)7-12(6-9)22-15(17,18)19/h2-7H,1H3,(H,20,21). The van der Waals surface area contributed by atoms with E-state index >= 15 is 0 Å². The molecule has 3 nitrogen and oxygen atoms in total. The summed E-state index contributed by atoms with van der Waals surface area (Å²) >= 11 is 5.84. The summed E-state index contributed by atoms with van der Waals surface area (Å²) in [6.45, 7) is 1.72. The predicted molar refractivity (Wildman–Crippen MR) is 75.3 cm³/mol. The molecular formula is C15H10ClF3O3. The SMILES string of the molecule is Cc1cc(Cl)ccc1-c1cc(OC(F)(F)F)cc(C(=O)O)c1. The van der Waals surface area contributed by atoms with E-state index in [9.17, 15) is 18.0 Å². The zero-order valence-electron chi connectivity index (χ0n) is 11.2. The van der Waals surface area contributed by atoms with Gasteiger partial charge in [-0.05, 0) is 53.9 Å². The monoisotopic (exact) mass is 330 g/mol. The van der Waals surface area contributed by atoms with Crippen LogP contribution >= 0.6 is 11.6 Å². The first kappa shape index (κ1) is 16.2. The number of hydrogen-bond donors (Lipinski definition) is 1. The van der Waals surface area contributed by atoms with Gasteiger partial charge in [0.1, 0.15) is 5.75 Å². The number of hydrogen-bond acceptors (Lipinski definition) is 2. The van der Waals surface area contributed by atoms with Gasteiger partial charge in [-0.1, -0.05) is 17.7 Å².